The predicted molar refractivity (Wildman–Crippen MR) is 45.4 cm³/mol. The van der Waals surface area contributed by atoms with Gasteiger partial charge < -0.3 is 5.73 Å². The zero-order chi connectivity index (χ0) is 8.27. The van der Waals surface area contributed by atoms with E-state index in [9.17, 15) is 0 Å². The van der Waals surface area contributed by atoms with E-state index in [2.05, 4.69) is 18.9 Å². The molecule has 11 heavy (non-hydrogen) atoms. The van der Waals surface area contributed by atoms with Gasteiger partial charge in [-0.05, 0) is 13.0 Å². The van der Waals surface area contributed by atoms with Crippen molar-refractivity contribution in [3.05, 3.63) is 18.0 Å². The van der Waals surface area contributed by atoms with E-state index >= 15 is 0 Å². The van der Waals surface area contributed by atoms with E-state index in [4.69, 9.17) is 5.73 Å². The molecule has 0 spiro atoms. The van der Waals surface area contributed by atoms with Gasteiger partial charge in [0, 0.05) is 25.2 Å². The first kappa shape index (κ1) is 8.27. The topological polar surface area (TPSA) is 43.8 Å². The molecule has 1 rings (SSSR count). The van der Waals surface area contributed by atoms with Gasteiger partial charge in [-0.25, -0.2) is 0 Å². The molecule has 0 aliphatic heterocycles. The Balaban J connectivity index is 2.71. The van der Waals surface area contributed by atoms with Crippen molar-refractivity contribution in [2.75, 3.05) is 6.54 Å². The molecule has 62 valence electrons. The van der Waals surface area contributed by atoms with Gasteiger partial charge in [0.2, 0.25) is 0 Å². The normalized spacial score (nSPS) is 13.4. The highest BCUT2D eigenvalue weighted by Gasteiger charge is 2.05. The Kier molecular flexibility index (Phi) is 2.65. The van der Waals surface area contributed by atoms with Gasteiger partial charge in [-0.3, -0.25) is 4.68 Å². The second-order valence-electron chi connectivity index (χ2n) is 2.73. The van der Waals surface area contributed by atoms with E-state index in [-0.39, 0.29) is 0 Å². The van der Waals surface area contributed by atoms with Gasteiger partial charge in [-0.2, -0.15) is 5.10 Å². The molecular weight excluding hydrogens is 138 g/mol. The van der Waals surface area contributed by atoms with Gasteiger partial charge in [0.25, 0.3) is 0 Å². The molecule has 1 unspecified atom stereocenters. The lowest BCUT2D eigenvalue weighted by Crippen LogP contribution is -2.10. The lowest BCUT2D eigenvalue weighted by atomic mass is 10.1. The predicted octanol–water partition coefficient (Wildman–Crippen LogP) is 0.965. The lowest BCUT2D eigenvalue weighted by molar-refractivity contribution is 0.627. The summed E-state index contributed by atoms with van der Waals surface area (Å²) in [5, 5.41) is 4.34. The number of hydrogen-bond donors (Lipinski definition) is 1. The number of rotatable bonds is 3. The van der Waals surface area contributed by atoms with Crippen LogP contribution in [0.25, 0.3) is 0 Å². The first-order valence-corrected chi connectivity index (χ1v) is 4.01. The molecule has 0 fully saturated rings. The summed E-state index contributed by atoms with van der Waals surface area (Å²) in [5.41, 5.74) is 6.60. The van der Waals surface area contributed by atoms with Crippen LogP contribution in [0.2, 0.25) is 0 Å². The zero-order valence-corrected chi connectivity index (χ0v) is 7.12. The largest absolute Gasteiger partial charge is 0.330 e. The maximum absolute atomic E-state index is 5.51. The summed E-state index contributed by atoms with van der Waals surface area (Å²) in [6.45, 7) is 5.75. The van der Waals surface area contributed by atoms with Crippen molar-refractivity contribution in [2.45, 2.75) is 26.3 Å². The summed E-state index contributed by atoms with van der Waals surface area (Å²) in [6.07, 6.45) is 1.99. The number of aryl methyl sites for hydroxylation is 1. The number of aromatic nitrogens is 2. The van der Waals surface area contributed by atoms with Crippen LogP contribution < -0.4 is 5.73 Å². The summed E-state index contributed by atoms with van der Waals surface area (Å²) in [7, 11) is 0. The molecule has 1 heterocycles. The fourth-order valence-corrected chi connectivity index (χ4v) is 0.937. The van der Waals surface area contributed by atoms with Crippen LogP contribution in [0.5, 0.6) is 0 Å². The van der Waals surface area contributed by atoms with Crippen molar-refractivity contribution < 1.29 is 0 Å². The summed E-state index contributed by atoms with van der Waals surface area (Å²) in [4.78, 5) is 0. The van der Waals surface area contributed by atoms with E-state index in [0.717, 1.165) is 12.2 Å². The van der Waals surface area contributed by atoms with Crippen molar-refractivity contribution in [1.29, 1.82) is 0 Å². The van der Waals surface area contributed by atoms with Crippen LogP contribution in [0.1, 0.15) is 25.5 Å². The SMILES string of the molecule is CCn1ccc(C(C)CN)n1. The monoisotopic (exact) mass is 153 g/mol. The Hall–Kier alpha value is -0.830. The summed E-state index contributed by atoms with van der Waals surface area (Å²) < 4.78 is 1.92. The van der Waals surface area contributed by atoms with Crippen LogP contribution in [0, 0.1) is 0 Å². The molecule has 3 nitrogen and oxygen atoms in total. The summed E-state index contributed by atoms with van der Waals surface area (Å²) in [6, 6.07) is 2.03. The van der Waals surface area contributed by atoms with E-state index in [0.29, 0.717) is 12.5 Å². The van der Waals surface area contributed by atoms with Crippen LogP contribution in [-0.2, 0) is 6.54 Å². The first-order chi connectivity index (χ1) is 5.27. The Morgan fingerprint density at radius 2 is 2.45 bits per heavy atom. The Labute approximate surface area is 67.2 Å². The van der Waals surface area contributed by atoms with Crippen molar-refractivity contribution in [3.63, 3.8) is 0 Å². The Morgan fingerprint density at radius 3 is 2.91 bits per heavy atom. The standard InChI is InChI=1S/C8H15N3/c1-3-11-5-4-8(10-11)7(2)6-9/h4-5,7H,3,6,9H2,1-2H3. The van der Waals surface area contributed by atoms with Crippen LogP contribution in [0.4, 0.5) is 0 Å². The summed E-state index contributed by atoms with van der Waals surface area (Å²) >= 11 is 0. The Bertz CT molecular complexity index is 217. The zero-order valence-electron chi connectivity index (χ0n) is 7.12. The lowest BCUT2D eigenvalue weighted by Gasteiger charge is -2.02. The van der Waals surface area contributed by atoms with Crippen molar-refractivity contribution in [2.24, 2.45) is 5.73 Å². The molecule has 1 aromatic rings. The molecule has 0 aromatic carbocycles. The third-order valence-electron chi connectivity index (χ3n) is 1.84. The van der Waals surface area contributed by atoms with Gasteiger partial charge in [0.1, 0.15) is 0 Å². The maximum Gasteiger partial charge on any atom is 0.0665 e. The minimum absolute atomic E-state index is 0.378. The molecule has 0 aliphatic rings. The third kappa shape index (κ3) is 1.80. The number of nitrogens with two attached hydrogens (primary N) is 1. The molecule has 0 saturated heterocycles. The van der Waals surface area contributed by atoms with Gasteiger partial charge in [-0.15, -0.1) is 0 Å². The highest BCUT2D eigenvalue weighted by Crippen LogP contribution is 2.09. The minimum Gasteiger partial charge on any atom is -0.330 e. The average molecular weight is 153 g/mol. The molecule has 0 saturated carbocycles. The third-order valence-corrected chi connectivity index (χ3v) is 1.84. The maximum atomic E-state index is 5.51. The van der Waals surface area contributed by atoms with Gasteiger partial charge in [-0.1, -0.05) is 6.92 Å². The molecule has 2 N–H and O–H groups in total. The van der Waals surface area contributed by atoms with E-state index in [1.807, 2.05) is 16.9 Å². The first-order valence-electron chi connectivity index (χ1n) is 4.01. The van der Waals surface area contributed by atoms with Gasteiger partial charge in [0.15, 0.2) is 0 Å². The Morgan fingerprint density at radius 1 is 1.73 bits per heavy atom. The molecular formula is C8H15N3. The minimum atomic E-state index is 0.378. The molecule has 0 aliphatic carbocycles. The number of hydrogen-bond acceptors (Lipinski definition) is 2. The van der Waals surface area contributed by atoms with Crippen molar-refractivity contribution in [3.8, 4) is 0 Å². The van der Waals surface area contributed by atoms with Crippen LogP contribution in [0.15, 0.2) is 12.3 Å². The smallest absolute Gasteiger partial charge is 0.0665 e. The second-order valence-corrected chi connectivity index (χ2v) is 2.73. The van der Waals surface area contributed by atoms with Crippen molar-refractivity contribution in [1.82, 2.24) is 9.78 Å². The highest BCUT2D eigenvalue weighted by atomic mass is 15.3. The van der Waals surface area contributed by atoms with Gasteiger partial charge >= 0.3 is 0 Å². The van der Waals surface area contributed by atoms with E-state index in [1.54, 1.807) is 0 Å². The summed E-state index contributed by atoms with van der Waals surface area (Å²) in [5.74, 6) is 0.378. The van der Waals surface area contributed by atoms with E-state index < -0.39 is 0 Å². The fourth-order valence-electron chi connectivity index (χ4n) is 0.937. The fraction of sp³-hybridized carbons (Fsp3) is 0.625. The van der Waals surface area contributed by atoms with Crippen LogP contribution in [-0.4, -0.2) is 16.3 Å². The van der Waals surface area contributed by atoms with Gasteiger partial charge in [0.05, 0.1) is 5.69 Å². The second kappa shape index (κ2) is 3.53. The highest BCUT2D eigenvalue weighted by molar-refractivity contribution is 5.05. The molecule has 0 radical (unpaired) electrons. The molecule has 3 heteroatoms. The molecule has 1 atom stereocenters. The average Bonchev–Trinajstić information content (AvgIpc) is 2.50. The number of nitrogens with zero attached hydrogens (tertiary/aromatic N) is 2. The molecule has 0 amide bonds. The van der Waals surface area contributed by atoms with E-state index in [1.165, 1.54) is 0 Å². The van der Waals surface area contributed by atoms with Crippen molar-refractivity contribution >= 4 is 0 Å². The molecule has 1 aromatic heterocycles. The quantitative estimate of drug-likeness (QED) is 0.703. The van der Waals surface area contributed by atoms with Crippen LogP contribution in [0.3, 0.4) is 0 Å². The van der Waals surface area contributed by atoms with Crippen LogP contribution >= 0.6 is 0 Å². The molecule has 0 bridgehead atoms.